The van der Waals surface area contributed by atoms with Gasteiger partial charge in [0.15, 0.2) is 6.61 Å². The molecule has 0 aliphatic carbocycles. The van der Waals surface area contributed by atoms with Crippen molar-refractivity contribution < 1.29 is 19.1 Å². The van der Waals surface area contributed by atoms with Crippen molar-refractivity contribution in [2.75, 3.05) is 18.5 Å². The molecule has 0 aromatic heterocycles. The summed E-state index contributed by atoms with van der Waals surface area (Å²) in [5.41, 5.74) is 1.90. The summed E-state index contributed by atoms with van der Waals surface area (Å²) in [5.74, 6) is -0.682. The minimum Gasteiger partial charge on any atom is -0.481 e. The molecule has 0 radical (unpaired) electrons. The maximum absolute atomic E-state index is 12.5. The molecule has 1 amide bonds. The Kier molecular flexibility index (Phi) is 7.78. The third kappa shape index (κ3) is 5.96. The first-order chi connectivity index (χ1) is 13.4. The van der Waals surface area contributed by atoms with Crippen LogP contribution in [0.1, 0.15) is 18.1 Å². The van der Waals surface area contributed by atoms with E-state index >= 15 is 0 Å². The summed E-state index contributed by atoms with van der Waals surface area (Å²) in [7, 11) is 0. The number of aryl methyl sites for hydroxylation is 1. The third-order valence-electron chi connectivity index (χ3n) is 3.68. The molecule has 7 heteroatoms. The Morgan fingerprint density at radius 1 is 1.25 bits per heavy atom. The molecule has 1 N–H and O–H groups in total. The molecule has 144 valence electrons. The Morgan fingerprint density at radius 2 is 2.00 bits per heavy atom. The van der Waals surface area contributed by atoms with Crippen LogP contribution in [0.3, 0.4) is 0 Å². The standard InChI is InChI=1S/C21H19BrN2O4/c1-3-27-20(25)13-28-19-9-8-17(22)11-15(19)10-16(12-23)21(26)24-18-7-5-4-6-14(18)2/h4-11H,3,13H2,1-2H3,(H,24,26)/b16-10+. The number of halogens is 1. The Balaban J connectivity index is 2.26. The molecule has 0 fully saturated rings. The van der Waals surface area contributed by atoms with E-state index in [1.165, 1.54) is 6.08 Å². The molecule has 0 unspecified atom stereocenters. The molecule has 0 atom stereocenters. The van der Waals surface area contributed by atoms with E-state index < -0.39 is 11.9 Å². The zero-order chi connectivity index (χ0) is 20.5. The Hall–Kier alpha value is -3.11. The number of nitrogens with zero attached hydrogens (tertiary/aromatic N) is 1. The number of ether oxygens (including phenoxy) is 2. The highest BCUT2D eigenvalue weighted by molar-refractivity contribution is 9.10. The van der Waals surface area contributed by atoms with Crippen LogP contribution in [-0.2, 0) is 14.3 Å². The van der Waals surface area contributed by atoms with E-state index in [-0.39, 0.29) is 18.8 Å². The van der Waals surface area contributed by atoms with E-state index in [0.717, 1.165) is 10.0 Å². The van der Waals surface area contributed by atoms with Crippen molar-refractivity contribution in [2.45, 2.75) is 13.8 Å². The number of nitrogens with one attached hydrogen (secondary N) is 1. The zero-order valence-corrected chi connectivity index (χ0v) is 17.1. The Labute approximate surface area is 171 Å². The summed E-state index contributed by atoms with van der Waals surface area (Å²) in [6.07, 6.45) is 1.42. The number of esters is 1. The molecule has 28 heavy (non-hydrogen) atoms. The molecule has 6 nitrogen and oxygen atoms in total. The summed E-state index contributed by atoms with van der Waals surface area (Å²) < 4.78 is 11.1. The molecule has 0 heterocycles. The van der Waals surface area contributed by atoms with Gasteiger partial charge in [-0.15, -0.1) is 0 Å². The number of amides is 1. The van der Waals surface area contributed by atoms with Crippen molar-refractivity contribution in [3.8, 4) is 11.8 Å². The topological polar surface area (TPSA) is 88.4 Å². The largest absolute Gasteiger partial charge is 0.481 e. The zero-order valence-electron chi connectivity index (χ0n) is 15.5. The smallest absolute Gasteiger partial charge is 0.344 e. The molecule has 0 bridgehead atoms. The predicted molar refractivity (Wildman–Crippen MR) is 110 cm³/mol. The van der Waals surface area contributed by atoms with Crippen molar-refractivity contribution >= 4 is 39.6 Å². The lowest BCUT2D eigenvalue weighted by molar-refractivity contribution is -0.145. The lowest BCUT2D eigenvalue weighted by atomic mass is 10.1. The number of para-hydroxylation sites is 1. The van der Waals surface area contributed by atoms with E-state index in [1.54, 1.807) is 37.3 Å². The minimum absolute atomic E-state index is 0.0951. The van der Waals surface area contributed by atoms with E-state index in [9.17, 15) is 14.9 Å². The fraction of sp³-hybridized carbons (Fsp3) is 0.190. The second kappa shape index (κ2) is 10.3. The Bertz CT molecular complexity index is 948. The number of anilines is 1. The van der Waals surface area contributed by atoms with Gasteiger partial charge in [0.05, 0.1) is 6.61 Å². The average molecular weight is 443 g/mol. The van der Waals surface area contributed by atoms with Gasteiger partial charge >= 0.3 is 5.97 Å². The lowest BCUT2D eigenvalue weighted by Gasteiger charge is -2.10. The van der Waals surface area contributed by atoms with Gasteiger partial charge in [0.1, 0.15) is 17.4 Å². The molecular formula is C21H19BrN2O4. The summed E-state index contributed by atoms with van der Waals surface area (Å²) in [6, 6.07) is 14.3. The summed E-state index contributed by atoms with van der Waals surface area (Å²) in [5, 5.41) is 12.2. The fourth-order valence-corrected chi connectivity index (χ4v) is 2.69. The number of hydrogen-bond acceptors (Lipinski definition) is 5. The highest BCUT2D eigenvalue weighted by atomic mass is 79.9. The van der Waals surface area contributed by atoms with Crippen LogP contribution in [0.25, 0.3) is 6.08 Å². The van der Waals surface area contributed by atoms with Crippen molar-refractivity contribution in [2.24, 2.45) is 0 Å². The fourth-order valence-electron chi connectivity index (χ4n) is 2.31. The molecule has 2 rings (SSSR count). The average Bonchev–Trinajstić information content (AvgIpc) is 2.67. The van der Waals surface area contributed by atoms with Crippen LogP contribution in [0.2, 0.25) is 0 Å². The van der Waals surface area contributed by atoms with Gasteiger partial charge < -0.3 is 14.8 Å². The van der Waals surface area contributed by atoms with Crippen LogP contribution in [0.4, 0.5) is 5.69 Å². The van der Waals surface area contributed by atoms with Crippen molar-refractivity contribution in [3.63, 3.8) is 0 Å². The van der Waals surface area contributed by atoms with Crippen LogP contribution in [0.5, 0.6) is 5.75 Å². The van der Waals surface area contributed by atoms with Gasteiger partial charge in [-0.1, -0.05) is 34.1 Å². The second-order valence-corrected chi connectivity index (χ2v) is 6.63. The first-order valence-corrected chi connectivity index (χ1v) is 9.30. The van der Waals surface area contributed by atoms with E-state index in [1.807, 2.05) is 25.1 Å². The van der Waals surface area contributed by atoms with E-state index in [4.69, 9.17) is 9.47 Å². The van der Waals surface area contributed by atoms with Gasteiger partial charge in [-0.05, 0) is 49.8 Å². The summed E-state index contributed by atoms with van der Waals surface area (Å²) >= 11 is 3.35. The molecule has 0 aliphatic heterocycles. The van der Waals surface area contributed by atoms with Gasteiger partial charge in [-0.2, -0.15) is 5.26 Å². The maximum Gasteiger partial charge on any atom is 0.344 e. The number of benzene rings is 2. The first kappa shape index (κ1) is 21.2. The molecule has 2 aromatic carbocycles. The molecule has 0 saturated heterocycles. The normalized spacial score (nSPS) is 10.7. The van der Waals surface area contributed by atoms with Gasteiger partial charge in [-0.25, -0.2) is 4.79 Å². The Morgan fingerprint density at radius 3 is 2.68 bits per heavy atom. The number of carbonyl (C=O) groups excluding carboxylic acids is 2. The molecular weight excluding hydrogens is 424 g/mol. The molecule has 2 aromatic rings. The SMILES string of the molecule is CCOC(=O)COc1ccc(Br)cc1/C=C(\C#N)C(=O)Nc1ccccc1C. The van der Waals surface area contributed by atoms with Crippen molar-refractivity contribution in [3.05, 3.63) is 63.6 Å². The first-order valence-electron chi connectivity index (χ1n) is 8.51. The van der Waals surface area contributed by atoms with Crippen LogP contribution in [-0.4, -0.2) is 25.1 Å². The third-order valence-corrected chi connectivity index (χ3v) is 4.17. The highest BCUT2D eigenvalue weighted by Gasteiger charge is 2.13. The van der Waals surface area contributed by atoms with Crippen LogP contribution in [0, 0.1) is 18.3 Å². The predicted octanol–water partition coefficient (Wildman–Crippen LogP) is 4.25. The number of nitriles is 1. The van der Waals surface area contributed by atoms with Gasteiger partial charge in [0.2, 0.25) is 0 Å². The number of carbonyl (C=O) groups is 2. The quantitative estimate of drug-likeness (QED) is 0.393. The molecule has 0 saturated carbocycles. The summed E-state index contributed by atoms with van der Waals surface area (Å²) in [4.78, 5) is 24.0. The lowest BCUT2D eigenvalue weighted by Crippen LogP contribution is -2.15. The number of hydrogen-bond donors (Lipinski definition) is 1. The molecule has 0 aliphatic rings. The minimum atomic E-state index is -0.534. The monoisotopic (exact) mass is 442 g/mol. The van der Waals surface area contributed by atoms with Gasteiger partial charge in [0, 0.05) is 15.7 Å². The van der Waals surface area contributed by atoms with Gasteiger partial charge in [-0.3, -0.25) is 4.79 Å². The highest BCUT2D eigenvalue weighted by Crippen LogP contribution is 2.26. The van der Waals surface area contributed by atoms with Gasteiger partial charge in [0.25, 0.3) is 5.91 Å². The summed E-state index contributed by atoms with van der Waals surface area (Å²) in [6.45, 7) is 3.56. The number of rotatable bonds is 7. The van der Waals surface area contributed by atoms with E-state index in [2.05, 4.69) is 21.2 Å². The molecule has 0 spiro atoms. The van der Waals surface area contributed by atoms with E-state index in [0.29, 0.717) is 17.0 Å². The maximum atomic E-state index is 12.5. The van der Waals surface area contributed by atoms with Crippen LogP contribution in [0.15, 0.2) is 52.5 Å². The van der Waals surface area contributed by atoms with Crippen molar-refractivity contribution in [1.29, 1.82) is 5.26 Å². The van der Waals surface area contributed by atoms with Crippen LogP contribution < -0.4 is 10.1 Å². The second-order valence-electron chi connectivity index (χ2n) is 5.71. The van der Waals surface area contributed by atoms with Crippen molar-refractivity contribution in [1.82, 2.24) is 0 Å². The van der Waals surface area contributed by atoms with Crippen LogP contribution >= 0.6 is 15.9 Å².